The highest BCUT2D eigenvalue weighted by molar-refractivity contribution is 5.67. The molecule has 2 rings (SSSR count). The van der Waals surface area contributed by atoms with Gasteiger partial charge in [0.1, 0.15) is 5.69 Å². The highest BCUT2D eigenvalue weighted by atomic mass is 16.6. The molecule has 2 aromatic rings. The molecule has 0 amide bonds. The van der Waals surface area contributed by atoms with E-state index >= 15 is 0 Å². The average Bonchev–Trinajstić information content (AvgIpc) is 2.94. The SMILES string of the molecule is C=C(C#N)C(OC(C)=O)c1cc(-c2ccccc2)no1. The minimum atomic E-state index is -0.942. The van der Waals surface area contributed by atoms with E-state index < -0.39 is 12.1 Å². The van der Waals surface area contributed by atoms with Gasteiger partial charge in [0.2, 0.25) is 0 Å². The van der Waals surface area contributed by atoms with Crippen molar-refractivity contribution in [3.05, 3.63) is 54.3 Å². The Labute approximate surface area is 116 Å². The van der Waals surface area contributed by atoms with Gasteiger partial charge in [-0.25, -0.2) is 0 Å². The number of carbonyl (C=O) groups is 1. The summed E-state index contributed by atoms with van der Waals surface area (Å²) in [6.45, 7) is 4.81. The summed E-state index contributed by atoms with van der Waals surface area (Å²) in [5.41, 5.74) is 1.55. The number of esters is 1. The predicted octanol–water partition coefficient (Wildman–Crippen LogP) is 3.03. The molecule has 1 aromatic heterocycles. The molecule has 0 N–H and O–H groups in total. The Kier molecular flexibility index (Phi) is 3.96. The fourth-order valence-electron chi connectivity index (χ4n) is 1.68. The monoisotopic (exact) mass is 268 g/mol. The van der Waals surface area contributed by atoms with Crippen LogP contribution in [0.15, 0.2) is 53.1 Å². The summed E-state index contributed by atoms with van der Waals surface area (Å²) in [6.07, 6.45) is -0.942. The highest BCUT2D eigenvalue weighted by Gasteiger charge is 2.23. The minimum absolute atomic E-state index is 0.0796. The Balaban J connectivity index is 2.32. The summed E-state index contributed by atoms with van der Waals surface area (Å²) in [7, 11) is 0. The maximum atomic E-state index is 11.1. The lowest BCUT2D eigenvalue weighted by molar-refractivity contribution is -0.145. The van der Waals surface area contributed by atoms with Crippen LogP contribution in [-0.4, -0.2) is 11.1 Å². The molecule has 0 aliphatic carbocycles. The van der Waals surface area contributed by atoms with E-state index in [0.29, 0.717) is 5.69 Å². The van der Waals surface area contributed by atoms with Crippen molar-refractivity contribution < 1.29 is 14.1 Å². The number of benzene rings is 1. The second kappa shape index (κ2) is 5.85. The fourth-order valence-corrected chi connectivity index (χ4v) is 1.68. The molecule has 0 radical (unpaired) electrons. The van der Waals surface area contributed by atoms with E-state index in [-0.39, 0.29) is 11.3 Å². The Morgan fingerprint density at radius 2 is 2.15 bits per heavy atom. The molecule has 1 unspecified atom stereocenters. The normalized spacial score (nSPS) is 11.4. The third-order valence-corrected chi connectivity index (χ3v) is 2.60. The minimum Gasteiger partial charge on any atom is -0.449 e. The quantitative estimate of drug-likeness (QED) is 0.629. The van der Waals surface area contributed by atoms with Crippen molar-refractivity contribution in [1.29, 1.82) is 5.26 Å². The first-order chi connectivity index (χ1) is 9.61. The molecule has 5 nitrogen and oxygen atoms in total. The van der Waals surface area contributed by atoms with Gasteiger partial charge in [-0.1, -0.05) is 42.1 Å². The van der Waals surface area contributed by atoms with E-state index in [2.05, 4.69) is 11.7 Å². The molecule has 0 fully saturated rings. The van der Waals surface area contributed by atoms with Gasteiger partial charge < -0.3 is 9.26 Å². The largest absolute Gasteiger partial charge is 0.449 e. The van der Waals surface area contributed by atoms with Crippen molar-refractivity contribution in [2.24, 2.45) is 0 Å². The van der Waals surface area contributed by atoms with Crippen molar-refractivity contribution in [3.63, 3.8) is 0 Å². The van der Waals surface area contributed by atoms with Gasteiger partial charge in [-0.15, -0.1) is 0 Å². The number of aromatic nitrogens is 1. The highest BCUT2D eigenvalue weighted by Crippen LogP contribution is 2.28. The molecule has 0 spiro atoms. The van der Waals surface area contributed by atoms with Gasteiger partial charge in [-0.2, -0.15) is 5.26 Å². The number of nitrogens with zero attached hydrogens (tertiary/aromatic N) is 2. The summed E-state index contributed by atoms with van der Waals surface area (Å²) >= 11 is 0. The van der Waals surface area contributed by atoms with Crippen LogP contribution in [0.5, 0.6) is 0 Å². The number of hydrogen-bond donors (Lipinski definition) is 0. The lowest BCUT2D eigenvalue weighted by Gasteiger charge is -2.11. The van der Waals surface area contributed by atoms with Crippen molar-refractivity contribution in [1.82, 2.24) is 5.16 Å². The molecule has 5 heteroatoms. The van der Waals surface area contributed by atoms with Crippen molar-refractivity contribution >= 4 is 5.97 Å². The number of hydrogen-bond acceptors (Lipinski definition) is 5. The van der Waals surface area contributed by atoms with E-state index in [9.17, 15) is 4.79 Å². The Bertz CT molecular complexity index is 668. The molecule has 0 saturated heterocycles. The Morgan fingerprint density at radius 1 is 1.45 bits per heavy atom. The molecule has 0 saturated carbocycles. The van der Waals surface area contributed by atoms with Gasteiger partial charge in [0, 0.05) is 18.6 Å². The zero-order valence-electron chi connectivity index (χ0n) is 10.9. The molecule has 0 aliphatic heterocycles. The lowest BCUT2D eigenvalue weighted by Crippen LogP contribution is -2.09. The number of ether oxygens (including phenoxy) is 1. The summed E-state index contributed by atoms with van der Waals surface area (Å²) < 4.78 is 10.2. The predicted molar refractivity (Wildman–Crippen MR) is 71.2 cm³/mol. The second-order valence-corrected chi connectivity index (χ2v) is 4.11. The molecule has 20 heavy (non-hydrogen) atoms. The van der Waals surface area contributed by atoms with Crippen LogP contribution in [0.2, 0.25) is 0 Å². The maximum absolute atomic E-state index is 11.1. The number of carbonyl (C=O) groups excluding carboxylic acids is 1. The zero-order chi connectivity index (χ0) is 14.5. The molecular formula is C15H12N2O3. The molecule has 0 bridgehead atoms. The first kappa shape index (κ1) is 13.6. The molecular weight excluding hydrogens is 256 g/mol. The van der Waals surface area contributed by atoms with Gasteiger partial charge in [-0.05, 0) is 0 Å². The Morgan fingerprint density at radius 3 is 2.75 bits per heavy atom. The number of rotatable bonds is 4. The molecule has 1 atom stereocenters. The van der Waals surface area contributed by atoms with Gasteiger partial charge in [0.25, 0.3) is 0 Å². The second-order valence-electron chi connectivity index (χ2n) is 4.11. The van der Waals surface area contributed by atoms with Gasteiger partial charge in [0.15, 0.2) is 11.9 Å². The average molecular weight is 268 g/mol. The summed E-state index contributed by atoms with van der Waals surface area (Å²) in [4.78, 5) is 11.1. The topological polar surface area (TPSA) is 76.1 Å². The third kappa shape index (κ3) is 2.93. The van der Waals surface area contributed by atoms with Crippen LogP contribution in [0.25, 0.3) is 11.3 Å². The van der Waals surface area contributed by atoms with Crippen LogP contribution in [0.1, 0.15) is 18.8 Å². The van der Waals surface area contributed by atoms with Crippen molar-refractivity contribution in [3.8, 4) is 17.3 Å². The number of nitriles is 1. The summed E-state index contributed by atoms with van der Waals surface area (Å²) in [5.74, 6) is -0.255. The first-order valence-electron chi connectivity index (χ1n) is 5.90. The first-order valence-corrected chi connectivity index (χ1v) is 5.90. The fraction of sp³-hybridized carbons (Fsp3) is 0.133. The van der Waals surface area contributed by atoms with E-state index in [1.54, 1.807) is 6.07 Å². The van der Waals surface area contributed by atoms with E-state index in [4.69, 9.17) is 14.5 Å². The molecule has 100 valence electrons. The third-order valence-electron chi connectivity index (χ3n) is 2.60. The van der Waals surface area contributed by atoms with Crippen molar-refractivity contribution in [2.45, 2.75) is 13.0 Å². The molecule has 0 aliphatic rings. The van der Waals surface area contributed by atoms with E-state index in [1.807, 2.05) is 36.4 Å². The van der Waals surface area contributed by atoms with Gasteiger partial charge >= 0.3 is 5.97 Å². The zero-order valence-corrected chi connectivity index (χ0v) is 10.9. The molecule has 1 aromatic carbocycles. The standard InChI is InChI=1S/C15H12N2O3/c1-10(9-16)15(19-11(2)18)14-8-13(17-20-14)12-6-4-3-5-7-12/h3-8,15H,1H2,2H3. The van der Waals surface area contributed by atoms with Crippen LogP contribution in [-0.2, 0) is 9.53 Å². The van der Waals surface area contributed by atoms with Crippen LogP contribution in [0, 0.1) is 11.3 Å². The van der Waals surface area contributed by atoms with Crippen molar-refractivity contribution in [2.75, 3.05) is 0 Å². The smallest absolute Gasteiger partial charge is 0.303 e. The van der Waals surface area contributed by atoms with Gasteiger partial charge in [0.05, 0.1) is 11.6 Å². The summed E-state index contributed by atoms with van der Waals surface area (Å²) in [6, 6.07) is 12.9. The van der Waals surface area contributed by atoms with E-state index in [1.165, 1.54) is 6.92 Å². The maximum Gasteiger partial charge on any atom is 0.303 e. The van der Waals surface area contributed by atoms with Crippen LogP contribution in [0.4, 0.5) is 0 Å². The van der Waals surface area contributed by atoms with E-state index in [0.717, 1.165) is 5.56 Å². The Hall–Kier alpha value is -2.87. The lowest BCUT2D eigenvalue weighted by atomic mass is 10.1. The van der Waals surface area contributed by atoms with Crippen LogP contribution >= 0.6 is 0 Å². The van der Waals surface area contributed by atoms with Crippen LogP contribution < -0.4 is 0 Å². The molecule has 1 heterocycles. The summed E-state index contributed by atoms with van der Waals surface area (Å²) in [5, 5.41) is 12.8. The van der Waals surface area contributed by atoms with Crippen LogP contribution in [0.3, 0.4) is 0 Å². The van der Waals surface area contributed by atoms with Gasteiger partial charge in [-0.3, -0.25) is 4.79 Å².